The maximum atomic E-state index is 5.17. The monoisotopic (exact) mass is 341 g/mol. The summed E-state index contributed by atoms with van der Waals surface area (Å²) in [4.78, 5) is 10.3. The van der Waals surface area contributed by atoms with Crippen molar-refractivity contribution in [2.75, 3.05) is 13.3 Å². The number of aromatic nitrogens is 2. The molecule has 1 heterocycles. The van der Waals surface area contributed by atoms with Gasteiger partial charge in [0.1, 0.15) is 4.32 Å². The lowest BCUT2D eigenvalue weighted by Crippen LogP contribution is -2.21. The standard InChI is InChI=1S/C10H13NS2.C8H6N2/c1-11(10(12)13-2)8-9-6-4-3-5-7-9;1-2-4-8-7(3-1)9-5-6-10-8/h3-7H,8H2,1-2H3;1-6H. The third-order valence-corrected chi connectivity index (χ3v) is 4.60. The molecule has 118 valence electrons. The van der Waals surface area contributed by atoms with Crippen LogP contribution < -0.4 is 0 Å². The van der Waals surface area contributed by atoms with Crippen molar-refractivity contribution in [3.8, 4) is 0 Å². The Hall–Kier alpha value is -1.98. The van der Waals surface area contributed by atoms with E-state index in [1.54, 1.807) is 24.2 Å². The normalized spacial score (nSPS) is 9.83. The first-order valence-corrected chi connectivity index (χ1v) is 8.83. The Bertz CT molecular complexity index is 682. The van der Waals surface area contributed by atoms with Gasteiger partial charge in [0, 0.05) is 26.0 Å². The highest BCUT2D eigenvalue weighted by Gasteiger charge is 2.02. The Morgan fingerprint density at radius 1 is 0.957 bits per heavy atom. The van der Waals surface area contributed by atoms with Gasteiger partial charge in [-0.15, -0.1) is 11.8 Å². The molecule has 3 aromatic rings. The van der Waals surface area contributed by atoms with E-state index in [2.05, 4.69) is 27.0 Å². The fourth-order valence-corrected chi connectivity index (χ4v) is 2.43. The fraction of sp³-hybridized carbons (Fsp3) is 0.167. The predicted octanol–water partition coefficient (Wildman–Crippen LogP) is 4.40. The molecule has 0 spiro atoms. The molecule has 3 nitrogen and oxygen atoms in total. The quantitative estimate of drug-likeness (QED) is 0.645. The van der Waals surface area contributed by atoms with Crippen LogP contribution in [0, 0.1) is 0 Å². The molecular formula is C18H19N3S2. The van der Waals surface area contributed by atoms with Crippen molar-refractivity contribution in [1.29, 1.82) is 0 Å². The maximum absolute atomic E-state index is 5.17. The summed E-state index contributed by atoms with van der Waals surface area (Å²) >= 11 is 6.78. The van der Waals surface area contributed by atoms with Gasteiger partial charge in [-0.05, 0) is 24.0 Å². The minimum Gasteiger partial charge on any atom is -0.356 e. The molecule has 0 aliphatic heterocycles. The molecule has 0 saturated heterocycles. The number of para-hydroxylation sites is 2. The van der Waals surface area contributed by atoms with Crippen molar-refractivity contribution in [3.63, 3.8) is 0 Å². The minimum absolute atomic E-state index is 0.889. The third kappa shape index (κ3) is 5.62. The van der Waals surface area contributed by atoms with E-state index >= 15 is 0 Å². The van der Waals surface area contributed by atoms with E-state index in [4.69, 9.17) is 12.2 Å². The lowest BCUT2D eigenvalue weighted by Gasteiger charge is -2.18. The first-order chi connectivity index (χ1) is 11.2. The summed E-state index contributed by atoms with van der Waals surface area (Å²) in [5.74, 6) is 0. The SMILES string of the molecule is CSC(=S)N(C)Cc1ccccc1.c1ccc2nccnc2c1. The molecule has 0 bridgehead atoms. The van der Waals surface area contributed by atoms with E-state index in [0.29, 0.717) is 0 Å². The van der Waals surface area contributed by atoms with Gasteiger partial charge < -0.3 is 4.90 Å². The second kappa shape index (κ2) is 9.22. The second-order valence-electron chi connectivity index (χ2n) is 4.86. The Morgan fingerprint density at radius 3 is 2.00 bits per heavy atom. The van der Waals surface area contributed by atoms with Gasteiger partial charge >= 0.3 is 0 Å². The van der Waals surface area contributed by atoms with Crippen LogP contribution in [0.4, 0.5) is 0 Å². The Balaban J connectivity index is 0.000000172. The highest BCUT2D eigenvalue weighted by molar-refractivity contribution is 8.22. The summed E-state index contributed by atoms with van der Waals surface area (Å²) in [6, 6.07) is 18.1. The van der Waals surface area contributed by atoms with E-state index in [1.807, 2.05) is 55.8 Å². The number of rotatable bonds is 2. The topological polar surface area (TPSA) is 29.0 Å². The van der Waals surface area contributed by atoms with E-state index in [1.165, 1.54) is 5.56 Å². The van der Waals surface area contributed by atoms with E-state index < -0.39 is 0 Å². The highest BCUT2D eigenvalue weighted by Crippen LogP contribution is 2.08. The Morgan fingerprint density at radius 2 is 1.48 bits per heavy atom. The number of thiocarbonyl (C=S) groups is 1. The molecule has 0 aliphatic rings. The molecule has 0 atom stereocenters. The molecule has 0 saturated carbocycles. The van der Waals surface area contributed by atoms with Crippen LogP contribution in [0.25, 0.3) is 11.0 Å². The summed E-state index contributed by atoms with van der Waals surface area (Å²) in [5.41, 5.74) is 3.19. The molecule has 2 aromatic carbocycles. The number of hydrogen-bond donors (Lipinski definition) is 0. The smallest absolute Gasteiger partial charge is 0.136 e. The Kier molecular flexibility index (Phi) is 6.97. The number of benzene rings is 2. The van der Waals surface area contributed by atoms with Crippen molar-refractivity contribution < 1.29 is 0 Å². The number of hydrogen-bond acceptors (Lipinski definition) is 4. The summed E-state index contributed by atoms with van der Waals surface area (Å²) in [6.45, 7) is 0.889. The molecule has 1 aromatic heterocycles. The molecular weight excluding hydrogens is 322 g/mol. The first-order valence-electron chi connectivity index (χ1n) is 7.19. The van der Waals surface area contributed by atoms with Crippen LogP contribution in [-0.2, 0) is 6.54 Å². The first kappa shape index (κ1) is 17.4. The van der Waals surface area contributed by atoms with Crippen LogP contribution in [0.15, 0.2) is 67.0 Å². The molecule has 0 aliphatic carbocycles. The van der Waals surface area contributed by atoms with Crippen LogP contribution in [0.1, 0.15) is 5.56 Å². The lowest BCUT2D eigenvalue weighted by molar-refractivity contribution is 0.519. The van der Waals surface area contributed by atoms with Crippen LogP contribution in [0.3, 0.4) is 0 Å². The fourth-order valence-electron chi connectivity index (χ4n) is 1.99. The van der Waals surface area contributed by atoms with Gasteiger partial charge in [-0.2, -0.15) is 0 Å². The third-order valence-electron chi connectivity index (χ3n) is 3.12. The molecule has 23 heavy (non-hydrogen) atoms. The summed E-state index contributed by atoms with van der Waals surface area (Å²) < 4.78 is 0.934. The molecule has 3 rings (SSSR count). The van der Waals surface area contributed by atoms with Gasteiger partial charge in [0.05, 0.1) is 11.0 Å². The summed E-state index contributed by atoms with van der Waals surface area (Å²) in [5, 5.41) is 0. The van der Waals surface area contributed by atoms with Gasteiger partial charge in [0.2, 0.25) is 0 Å². The zero-order chi connectivity index (χ0) is 16.5. The number of nitrogens with zero attached hydrogens (tertiary/aromatic N) is 3. The van der Waals surface area contributed by atoms with E-state index in [0.717, 1.165) is 21.9 Å². The zero-order valence-corrected chi connectivity index (χ0v) is 14.8. The van der Waals surface area contributed by atoms with Crippen molar-refractivity contribution >= 4 is 39.3 Å². The molecule has 0 unspecified atom stereocenters. The van der Waals surface area contributed by atoms with Gasteiger partial charge in [0.25, 0.3) is 0 Å². The van der Waals surface area contributed by atoms with Crippen LogP contribution in [0.2, 0.25) is 0 Å². The molecule has 5 heteroatoms. The summed E-state index contributed by atoms with van der Waals surface area (Å²) in [7, 11) is 2.02. The zero-order valence-electron chi connectivity index (χ0n) is 13.2. The Labute approximate surface area is 146 Å². The minimum atomic E-state index is 0.889. The molecule has 0 amide bonds. The van der Waals surface area contributed by atoms with Gasteiger partial charge in [-0.25, -0.2) is 0 Å². The van der Waals surface area contributed by atoms with Gasteiger partial charge in [-0.1, -0.05) is 54.7 Å². The van der Waals surface area contributed by atoms with Crippen molar-refractivity contribution in [2.24, 2.45) is 0 Å². The highest BCUT2D eigenvalue weighted by atomic mass is 32.2. The van der Waals surface area contributed by atoms with Gasteiger partial charge in [-0.3, -0.25) is 9.97 Å². The lowest BCUT2D eigenvalue weighted by atomic mass is 10.2. The van der Waals surface area contributed by atoms with Crippen LogP contribution in [0.5, 0.6) is 0 Å². The molecule has 0 N–H and O–H groups in total. The number of fused-ring (bicyclic) bond motifs is 1. The van der Waals surface area contributed by atoms with Crippen molar-refractivity contribution in [2.45, 2.75) is 6.54 Å². The number of thioether (sulfide) groups is 1. The largest absolute Gasteiger partial charge is 0.356 e. The van der Waals surface area contributed by atoms with E-state index in [-0.39, 0.29) is 0 Å². The van der Waals surface area contributed by atoms with Crippen molar-refractivity contribution in [3.05, 3.63) is 72.6 Å². The predicted molar refractivity (Wildman–Crippen MR) is 104 cm³/mol. The van der Waals surface area contributed by atoms with E-state index in [9.17, 15) is 0 Å². The van der Waals surface area contributed by atoms with Crippen LogP contribution >= 0.6 is 24.0 Å². The van der Waals surface area contributed by atoms with Crippen molar-refractivity contribution in [1.82, 2.24) is 14.9 Å². The maximum Gasteiger partial charge on any atom is 0.136 e. The van der Waals surface area contributed by atoms with Gasteiger partial charge in [0.15, 0.2) is 0 Å². The molecule has 0 fully saturated rings. The molecule has 0 radical (unpaired) electrons. The summed E-state index contributed by atoms with van der Waals surface area (Å²) in [6.07, 6.45) is 5.40. The average Bonchev–Trinajstić information content (AvgIpc) is 2.62. The second-order valence-corrected chi connectivity index (χ2v) is 6.30. The van der Waals surface area contributed by atoms with Crippen LogP contribution in [-0.4, -0.2) is 32.5 Å². The average molecular weight is 342 g/mol.